The Kier molecular flexibility index (Phi) is 4.66. The fourth-order valence-electron chi connectivity index (χ4n) is 1.56. The zero-order valence-electron chi connectivity index (χ0n) is 10.2. The van der Waals surface area contributed by atoms with Gasteiger partial charge in [-0.15, -0.1) is 0 Å². The fraction of sp³-hybridized carbons (Fsp3) is 0.462. The number of alkyl halides is 5. The van der Waals surface area contributed by atoms with Crippen molar-refractivity contribution in [2.24, 2.45) is 0 Å². The molecule has 19 heavy (non-hydrogen) atoms. The van der Waals surface area contributed by atoms with E-state index in [1.807, 2.05) is 6.92 Å². The van der Waals surface area contributed by atoms with Crippen molar-refractivity contribution in [3.63, 3.8) is 0 Å². The summed E-state index contributed by atoms with van der Waals surface area (Å²) >= 11 is 0. The Morgan fingerprint density at radius 3 is 2.32 bits per heavy atom. The lowest BCUT2D eigenvalue weighted by atomic mass is 10.00. The van der Waals surface area contributed by atoms with Crippen LogP contribution in [0, 0.1) is 0 Å². The summed E-state index contributed by atoms with van der Waals surface area (Å²) in [4.78, 5) is 11.3. The number of aryl methyl sites for hydroxylation is 1. The van der Waals surface area contributed by atoms with E-state index in [0.717, 1.165) is 25.0 Å². The molecule has 0 atom stereocenters. The Balaban J connectivity index is 3.00. The Labute approximate surface area is 107 Å². The third-order valence-corrected chi connectivity index (χ3v) is 2.65. The fourth-order valence-corrected chi connectivity index (χ4v) is 1.56. The van der Waals surface area contributed by atoms with E-state index in [9.17, 15) is 26.7 Å². The van der Waals surface area contributed by atoms with Crippen LogP contribution in [0.4, 0.5) is 22.0 Å². The molecule has 0 spiro atoms. The van der Waals surface area contributed by atoms with Gasteiger partial charge in [-0.05, 0) is 24.5 Å². The van der Waals surface area contributed by atoms with Gasteiger partial charge in [0.25, 0.3) is 0 Å². The molecule has 0 saturated carbocycles. The summed E-state index contributed by atoms with van der Waals surface area (Å²) in [6, 6.07) is 4.97. The third kappa shape index (κ3) is 3.52. The minimum Gasteiger partial charge on any atom is -0.287 e. The van der Waals surface area contributed by atoms with Crippen LogP contribution in [0.5, 0.6) is 0 Å². The van der Waals surface area contributed by atoms with Crippen molar-refractivity contribution in [2.75, 3.05) is 0 Å². The van der Waals surface area contributed by atoms with Crippen molar-refractivity contribution in [1.82, 2.24) is 0 Å². The minimum absolute atomic E-state index is 0.537. The van der Waals surface area contributed by atoms with Gasteiger partial charge in [-0.2, -0.15) is 22.0 Å². The number of carbonyl (C=O) groups is 1. The average molecular weight is 280 g/mol. The minimum atomic E-state index is -5.87. The topological polar surface area (TPSA) is 17.1 Å². The molecular weight excluding hydrogens is 267 g/mol. The molecule has 0 amide bonds. The summed E-state index contributed by atoms with van der Waals surface area (Å²) < 4.78 is 62.1. The van der Waals surface area contributed by atoms with Gasteiger partial charge >= 0.3 is 12.1 Å². The second-order valence-corrected chi connectivity index (χ2v) is 4.21. The summed E-state index contributed by atoms with van der Waals surface area (Å²) in [5.74, 6) is -7.56. The predicted octanol–water partition coefficient (Wildman–Crippen LogP) is 4.41. The molecule has 1 aromatic rings. The summed E-state index contributed by atoms with van der Waals surface area (Å²) in [5, 5.41) is 0. The normalized spacial score (nSPS) is 12.5. The van der Waals surface area contributed by atoms with Crippen molar-refractivity contribution >= 4 is 5.78 Å². The standard InChI is InChI=1S/C13H13F5O/c1-2-3-5-9-6-4-7-10(8-9)11(19)12(14,15)13(16,17)18/h4,6-8H,2-3,5H2,1H3. The molecule has 0 saturated heterocycles. The first kappa shape index (κ1) is 15.6. The molecule has 6 heteroatoms. The number of benzene rings is 1. The lowest BCUT2D eigenvalue weighted by Crippen LogP contribution is -2.44. The molecule has 0 aliphatic heterocycles. The van der Waals surface area contributed by atoms with E-state index in [1.165, 1.54) is 6.07 Å². The summed E-state index contributed by atoms with van der Waals surface area (Å²) in [5.41, 5.74) is -0.0402. The van der Waals surface area contributed by atoms with E-state index in [-0.39, 0.29) is 0 Å². The number of Topliss-reactive ketones (excluding diaryl/α,β-unsaturated/α-hetero) is 1. The van der Waals surface area contributed by atoms with Gasteiger partial charge in [0.05, 0.1) is 0 Å². The predicted molar refractivity (Wildman–Crippen MR) is 60.4 cm³/mol. The highest BCUT2D eigenvalue weighted by atomic mass is 19.4. The SMILES string of the molecule is CCCCc1cccc(C(=O)C(F)(F)C(F)(F)F)c1. The molecule has 0 aliphatic rings. The monoisotopic (exact) mass is 280 g/mol. The van der Waals surface area contributed by atoms with Gasteiger partial charge < -0.3 is 0 Å². The van der Waals surface area contributed by atoms with Crippen molar-refractivity contribution in [1.29, 1.82) is 0 Å². The number of carbonyl (C=O) groups excluding carboxylic acids is 1. The maximum atomic E-state index is 12.9. The molecule has 0 aliphatic carbocycles. The summed E-state index contributed by atoms with van der Waals surface area (Å²) in [6.45, 7) is 1.92. The van der Waals surface area contributed by atoms with Gasteiger partial charge in [0.2, 0.25) is 5.78 Å². The molecule has 1 aromatic carbocycles. The Morgan fingerprint density at radius 2 is 1.79 bits per heavy atom. The van der Waals surface area contributed by atoms with E-state index >= 15 is 0 Å². The summed E-state index contributed by atoms with van der Waals surface area (Å²) in [7, 11) is 0. The van der Waals surface area contributed by atoms with Crippen LogP contribution in [-0.4, -0.2) is 17.9 Å². The quantitative estimate of drug-likeness (QED) is 0.576. The van der Waals surface area contributed by atoms with Crippen molar-refractivity contribution in [2.45, 2.75) is 38.3 Å². The molecule has 0 fully saturated rings. The van der Waals surface area contributed by atoms with Gasteiger partial charge in [-0.3, -0.25) is 4.79 Å². The van der Waals surface area contributed by atoms with E-state index in [4.69, 9.17) is 0 Å². The van der Waals surface area contributed by atoms with Crippen LogP contribution < -0.4 is 0 Å². The molecule has 0 N–H and O–H groups in total. The molecule has 0 bridgehead atoms. The second-order valence-electron chi connectivity index (χ2n) is 4.21. The Bertz CT molecular complexity index is 451. The highest BCUT2D eigenvalue weighted by Crippen LogP contribution is 2.38. The number of halogens is 5. The molecule has 0 radical (unpaired) electrons. The first-order valence-corrected chi connectivity index (χ1v) is 5.78. The van der Waals surface area contributed by atoms with Crippen LogP contribution in [0.1, 0.15) is 35.7 Å². The lowest BCUT2D eigenvalue weighted by molar-refractivity contribution is -0.255. The van der Waals surface area contributed by atoms with Crippen molar-refractivity contribution in [3.05, 3.63) is 35.4 Å². The highest BCUT2D eigenvalue weighted by molar-refractivity contribution is 6.02. The van der Waals surface area contributed by atoms with Crippen LogP contribution in [0.2, 0.25) is 0 Å². The number of hydrogen-bond acceptors (Lipinski definition) is 1. The first-order valence-electron chi connectivity index (χ1n) is 5.78. The van der Waals surface area contributed by atoms with E-state index in [1.54, 1.807) is 6.07 Å². The van der Waals surface area contributed by atoms with E-state index in [0.29, 0.717) is 12.0 Å². The highest BCUT2D eigenvalue weighted by Gasteiger charge is 2.63. The second kappa shape index (κ2) is 5.67. The van der Waals surface area contributed by atoms with Crippen LogP contribution >= 0.6 is 0 Å². The van der Waals surface area contributed by atoms with Gasteiger partial charge in [0, 0.05) is 5.56 Å². The van der Waals surface area contributed by atoms with Crippen LogP contribution in [0.15, 0.2) is 24.3 Å². The molecular formula is C13H13F5O. The lowest BCUT2D eigenvalue weighted by Gasteiger charge is -2.18. The molecule has 0 unspecified atom stereocenters. The summed E-state index contributed by atoms with van der Waals surface area (Å²) in [6.07, 6.45) is -3.71. The average Bonchev–Trinajstić information content (AvgIpc) is 2.34. The molecule has 1 rings (SSSR count). The Morgan fingerprint density at radius 1 is 1.16 bits per heavy atom. The van der Waals surface area contributed by atoms with Crippen LogP contribution in [-0.2, 0) is 6.42 Å². The zero-order valence-corrected chi connectivity index (χ0v) is 10.2. The third-order valence-electron chi connectivity index (χ3n) is 2.65. The maximum Gasteiger partial charge on any atom is 0.461 e. The zero-order chi connectivity index (χ0) is 14.7. The van der Waals surface area contributed by atoms with Gasteiger partial charge in [-0.1, -0.05) is 31.5 Å². The molecule has 1 nitrogen and oxygen atoms in total. The van der Waals surface area contributed by atoms with Crippen LogP contribution in [0.25, 0.3) is 0 Å². The first-order chi connectivity index (χ1) is 8.70. The van der Waals surface area contributed by atoms with E-state index in [2.05, 4.69) is 0 Å². The molecule has 106 valence electrons. The number of rotatable bonds is 5. The maximum absolute atomic E-state index is 12.9. The molecule has 0 aromatic heterocycles. The largest absolute Gasteiger partial charge is 0.461 e. The van der Waals surface area contributed by atoms with E-state index < -0.39 is 23.4 Å². The van der Waals surface area contributed by atoms with Gasteiger partial charge in [0.1, 0.15) is 0 Å². The smallest absolute Gasteiger partial charge is 0.287 e. The van der Waals surface area contributed by atoms with Crippen molar-refractivity contribution < 1.29 is 26.7 Å². The van der Waals surface area contributed by atoms with Gasteiger partial charge in [-0.25, -0.2) is 0 Å². The number of ketones is 1. The van der Waals surface area contributed by atoms with Crippen molar-refractivity contribution in [3.8, 4) is 0 Å². The van der Waals surface area contributed by atoms with Crippen LogP contribution in [0.3, 0.4) is 0 Å². The number of hydrogen-bond donors (Lipinski definition) is 0. The Hall–Kier alpha value is -1.46. The number of unbranched alkanes of at least 4 members (excludes halogenated alkanes) is 1. The molecule has 0 heterocycles. The van der Waals surface area contributed by atoms with Gasteiger partial charge in [0.15, 0.2) is 0 Å².